The SMILES string of the molecule is O=C(O)CSc1nc(=O)ccn1Cc1cccc(F)c1. The van der Waals surface area contributed by atoms with Crippen molar-refractivity contribution in [3.05, 3.63) is 58.3 Å². The zero-order valence-electron chi connectivity index (χ0n) is 10.3. The molecule has 7 heteroatoms. The molecule has 1 N–H and O–H groups in total. The molecule has 0 aliphatic rings. The van der Waals surface area contributed by atoms with E-state index in [4.69, 9.17) is 5.11 Å². The molecule has 0 amide bonds. The van der Waals surface area contributed by atoms with Gasteiger partial charge in [-0.3, -0.25) is 9.59 Å². The quantitative estimate of drug-likeness (QED) is 0.670. The summed E-state index contributed by atoms with van der Waals surface area (Å²) in [5.74, 6) is -1.54. The Labute approximate surface area is 118 Å². The molecule has 0 atom stereocenters. The minimum atomic E-state index is -0.995. The third-order valence-corrected chi connectivity index (χ3v) is 3.39. The van der Waals surface area contributed by atoms with Gasteiger partial charge in [-0.2, -0.15) is 4.98 Å². The van der Waals surface area contributed by atoms with Gasteiger partial charge < -0.3 is 9.67 Å². The predicted molar refractivity (Wildman–Crippen MR) is 72.4 cm³/mol. The first kappa shape index (κ1) is 14.3. The molecule has 0 saturated heterocycles. The van der Waals surface area contributed by atoms with Crippen LogP contribution < -0.4 is 5.56 Å². The van der Waals surface area contributed by atoms with Crippen LogP contribution in [0.1, 0.15) is 5.56 Å². The lowest BCUT2D eigenvalue weighted by molar-refractivity contribution is -0.133. The van der Waals surface area contributed by atoms with E-state index in [1.54, 1.807) is 16.7 Å². The van der Waals surface area contributed by atoms with E-state index in [9.17, 15) is 14.0 Å². The van der Waals surface area contributed by atoms with E-state index >= 15 is 0 Å². The van der Waals surface area contributed by atoms with Crippen molar-refractivity contribution in [3.8, 4) is 0 Å². The Morgan fingerprint density at radius 3 is 2.90 bits per heavy atom. The summed E-state index contributed by atoms with van der Waals surface area (Å²) in [6, 6.07) is 7.33. The van der Waals surface area contributed by atoms with Gasteiger partial charge in [0.05, 0.1) is 5.75 Å². The van der Waals surface area contributed by atoms with Gasteiger partial charge >= 0.3 is 5.97 Å². The average molecular weight is 294 g/mol. The number of halogens is 1. The summed E-state index contributed by atoms with van der Waals surface area (Å²) < 4.78 is 14.7. The Hall–Kier alpha value is -2.15. The van der Waals surface area contributed by atoms with Gasteiger partial charge in [-0.25, -0.2) is 4.39 Å². The highest BCUT2D eigenvalue weighted by molar-refractivity contribution is 7.99. The molecule has 1 heterocycles. The minimum absolute atomic E-state index is 0.195. The average Bonchev–Trinajstić information content (AvgIpc) is 2.39. The number of rotatable bonds is 5. The number of hydrogen-bond acceptors (Lipinski definition) is 4. The second kappa shape index (κ2) is 6.33. The molecule has 0 aliphatic heterocycles. The largest absolute Gasteiger partial charge is 0.481 e. The number of benzene rings is 1. The molecule has 1 aromatic carbocycles. The van der Waals surface area contributed by atoms with E-state index in [1.165, 1.54) is 24.4 Å². The molecule has 0 spiro atoms. The van der Waals surface area contributed by atoms with E-state index in [2.05, 4.69) is 4.98 Å². The zero-order valence-corrected chi connectivity index (χ0v) is 11.1. The number of hydrogen-bond donors (Lipinski definition) is 1. The van der Waals surface area contributed by atoms with E-state index in [0.29, 0.717) is 17.3 Å². The van der Waals surface area contributed by atoms with Crippen molar-refractivity contribution in [1.82, 2.24) is 9.55 Å². The van der Waals surface area contributed by atoms with E-state index < -0.39 is 11.5 Å². The molecule has 0 radical (unpaired) electrons. The van der Waals surface area contributed by atoms with E-state index in [0.717, 1.165) is 11.8 Å². The molecule has 0 saturated carbocycles. The Balaban J connectivity index is 2.26. The summed E-state index contributed by atoms with van der Waals surface area (Å²) in [7, 11) is 0. The van der Waals surface area contributed by atoms with Crippen molar-refractivity contribution in [2.45, 2.75) is 11.7 Å². The predicted octanol–water partition coefficient (Wildman–Crippen LogP) is 1.61. The van der Waals surface area contributed by atoms with Gasteiger partial charge in [-0.1, -0.05) is 23.9 Å². The lowest BCUT2D eigenvalue weighted by Gasteiger charge is -2.11. The minimum Gasteiger partial charge on any atom is -0.481 e. The number of carboxylic acids is 1. The monoisotopic (exact) mass is 294 g/mol. The molecule has 104 valence electrons. The summed E-state index contributed by atoms with van der Waals surface area (Å²) in [6.45, 7) is 0.312. The summed E-state index contributed by atoms with van der Waals surface area (Å²) in [5, 5.41) is 8.97. The number of carboxylic acid groups (broad SMARTS) is 1. The lowest BCUT2D eigenvalue weighted by Crippen LogP contribution is -2.15. The van der Waals surface area contributed by atoms with Crippen LogP contribution in [0, 0.1) is 5.82 Å². The number of thioether (sulfide) groups is 1. The van der Waals surface area contributed by atoms with E-state index in [-0.39, 0.29) is 11.6 Å². The highest BCUT2D eigenvalue weighted by atomic mass is 32.2. The third kappa shape index (κ3) is 3.92. The topological polar surface area (TPSA) is 72.2 Å². The van der Waals surface area contributed by atoms with Crippen molar-refractivity contribution in [3.63, 3.8) is 0 Å². The number of nitrogens with zero attached hydrogens (tertiary/aromatic N) is 2. The first-order chi connectivity index (χ1) is 9.54. The van der Waals surface area contributed by atoms with Gasteiger partial charge in [0.1, 0.15) is 5.82 Å². The molecule has 5 nitrogen and oxygen atoms in total. The van der Waals surface area contributed by atoms with Crippen LogP contribution >= 0.6 is 11.8 Å². The van der Waals surface area contributed by atoms with Crippen LogP contribution in [0.5, 0.6) is 0 Å². The summed E-state index contributed by atoms with van der Waals surface area (Å²) >= 11 is 0.951. The number of aromatic nitrogens is 2. The summed E-state index contributed by atoms with van der Waals surface area (Å²) in [6.07, 6.45) is 1.52. The Morgan fingerprint density at radius 1 is 1.40 bits per heavy atom. The van der Waals surface area contributed by atoms with Gasteiger partial charge in [0.2, 0.25) is 0 Å². The maximum atomic E-state index is 13.1. The zero-order chi connectivity index (χ0) is 14.5. The van der Waals surface area contributed by atoms with Gasteiger partial charge in [0.15, 0.2) is 5.16 Å². The lowest BCUT2D eigenvalue weighted by atomic mass is 10.2. The highest BCUT2D eigenvalue weighted by Crippen LogP contribution is 2.15. The third-order valence-electron chi connectivity index (χ3n) is 2.42. The van der Waals surface area contributed by atoms with Crippen molar-refractivity contribution in [2.24, 2.45) is 0 Å². The molecule has 20 heavy (non-hydrogen) atoms. The summed E-state index contributed by atoms with van der Waals surface area (Å²) in [5.41, 5.74) is 0.265. The van der Waals surface area contributed by atoms with Crippen LogP contribution in [-0.2, 0) is 11.3 Å². The number of carbonyl (C=O) groups is 1. The second-order valence-electron chi connectivity index (χ2n) is 3.99. The first-order valence-electron chi connectivity index (χ1n) is 5.71. The van der Waals surface area contributed by atoms with E-state index in [1.807, 2.05) is 0 Å². The molecule has 2 rings (SSSR count). The molecule has 0 bridgehead atoms. The molecule has 2 aromatic rings. The fourth-order valence-corrected chi connectivity index (χ4v) is 2.31. The van der Waals surface area contributed by atoms with Crippen LogP contribution in [0.4, 0.5) is 4.39 Å². The fraction of sp³-hybridized carbons (Fsp3) is 0.154. The Bertz CT molecular complexity index is 687. The van der Waals surface area contributed by atoms with Gasteiger partial charge in [0.25, 0.3) is 5.56 Å². The molecule has 0 fully saturated rings. The van der Waals surface area contributed by atoms with Crippen LogP contribution in [-0.4, -0.2) is 26.4 Å². The standard InChI is InChI=1S/C13H11FN2O3S/c14-10-3-1-2-9(6-10)7-16-5-4-11(17)15-13(16)20-8-12(18)19/h1-6H,7-8H2,(H,18,19). The van der Waals surface area contributed by atoms with Gasteiger partial charge in [0, 0.05) is 18.8 Å². The molecule has 1 aromatic heterocycles. The number of aliphatic carboxylic acids is 1. The van der Waals surface area contributed by atoms with Crippen LogP contribution in [0.15, 0.2) is 46.5 Å². The fourth-order valence-electron chi connectivity index (χ4n) is 1.61. The maximum Gasteiger partial charge on any atom is 0.313 e. The molecule has 0 unspecified atom stereocenters. The highest BCUT2D eigenvalue weighted by Gasteiger charge is 2.07. The summed E-state index contributed by atoms with van der Waals surface area (Å²) in [4.78, 5) is 25.6. The van der Waals surface area contributed by atoms with Crippen LogP contribution in [0.2, 0.25) is 0 Å². The van der Waals surface area contributed by atoms with Crippen LogP contribution in [0.25, 0.3) is 0 Å². The Kier molecular flexibility index (Phi) is 4.52. The van der Waals surface area contributed by atoms with Crippen molar-refractivity contribution in [2.75, 3.05) is 5.75 Å². The smallest absolute Gasteiger partial charge is 0.313 e. The second-order valence-corrected chi connectivity index (χ2v) is 4.93. The van der Waals surface area contributed by atoms with Crippen molar-refractivity contribution >= 4 is 17.7 Å². The van der Waals surface area contributed by atoms with Crippen molar-refractivity contribution in [1.29, 1.82) is 0 Å². The maximum absolute atomic E-state index is 13.1. The molecule has 0 aliphatic carbocycles. The van der Waals surface area contributed by atoms with Gasteiger partial charge in [-0.15, -0.1) is 0 Å². The molecular formula is C13H11FN2O3S. The normalized spacial score (nSPS) is 10.4. The first-order valence-corrected chi connectivity index (χ1v) is 6.69. The molecular weight excluding hydrogens is 283 g/mol. The van der Waals surface area contributed by atoms with Gasteiger partial charge in [-0.05, 0) is 17.7 Å². The van der Waals surface area contributed by atoms with Crippen molar-refractivity contribution < 1.29 is 14.3 Å². The van der Waals surface area contributed by atoms with Crippen LogP contribution in [0.3, 0.4) is 0 Å². The Morgan fingerprint density at radius 2 is 2.20 bits per heavy atom.